The first-order valence-electron chi connectivity index (χ1n) is 6.34. The van der Waals surface area contributed by atoms with Crippen molar-refractivity contribution in [1.29, 1.82) is 0 Å². The summed E-state index contributed by atoms with van der Waals surface area (Å²) in [6, 6.07) is 5.38. The van der Waals surface area contributed by atoms with Crippen molar-refractivity contribution in [1.82, 2.24) is 9.78 Å². The number of carboxylic acids is 1. The minimum Gasteiger partial charge on any atom is -0.478 e. The molecule has 1 aromatic carbocycles. The van der Waals surface area contributed by atoms with Crippen LogP contribution in [-0.4, -0.2) is 20.9 Å². The standard InChI is InChI=1S/C15H18N2O2/c1-5-17-11(4)14(10(3)16-17)12-7-6-8-13(9(12)2)15(18)19/h6-8H,5H2,1-4H3,(H,18,19). The molecule has 0 aliphatic carbocycles. The minimum atomic E-state index is -0.891. The van der Waals surface area contributed by atoms with Gasteiger partial charge in [-0.05, 0) is 44.9 Å². The lowest BCUT2D eigenvalue weighted by atomic mass is 9.95. The Kier molecular flexibility index (Phi) is 3.42. The van der Waals surface area contributed by atoms with Crippen molar-refractivity contribution in [3.05, 3.63) is 40.7 Å². The van der Waals surface area contributed by atoms with Crippen LogP contribution in [0.3, 0.4) is 0 Å². The third-order valence-electron chi connectivity index (χ3n) is 3.51. The molecule has 1 aromatic heterocycles. The van der Waals surface area contributed by atoms with Crippen LogP contribution >= 0.6 is 0 Å². The molecule has 0 unspecified atom stereocenters. The molecule has 1 heterocycles. The van der Waals surface area contributed by atoms with E-state index in [1.165, 1.54) is 0 Å². The highest BCUT2D eigenvalue weighted by molar-refractivity contribution is 5.92. The van der Waals surface area contributed by atoms with E-state index in [9.17, 15) is 9.90 Å². The first kappa shape index (κ1) is 13.3. The summed E-state index contributed by atoms with van der Waals surface area (Å²) in [6.45, 7) is 8.68. The zero-order valence-corrected chi connectivity index (χ0v) is 11.7. The number of nitrogens with zero attached hydrogens (tertiary/aromatic N) is 2. The van der Waals surface area contributed by atoms with Crippen molar-refractivity contribution in [3.63, 3.8) is 0 Å². The van der Waals surface area contributed by atoms with E-state index in [4.69, 9.17) is 0 Å². The number of aryl methyl sites for hydroxylation is 2. The zero-order valence-electron chi connectivity index (χ0n) is 11.7. The Hall–Kier alpha value is -2.10. The van der Waals surface area contributed by atoms with Gasteiger partial charge in [-0.2, -0.15) is 5.10 Å². The Morgan fingerprint density at radius 2 is 2.00 bits per heavy atom. The number of rotatable bonds is 3. The molecule has 4 nitrogen and oxygen atoms in total. The lowest BCUT2D eigenvalue weighted by molar-refractivity contribution is 0.0696. The molecule has 2 aromatic rings. The maximum absolute atomic E-state index is 11.2. The van der Waals surface area contributed by atoms with Gasteiger partial charge in [-0.25, -0.2) is 4.79 Å². The molecule has 1 N–H and O–H groups in total. The molecule has 0 amide bonds. The number of aromatic nitrogens is 2. The summed E-state index contributed by atoms with van der Waals surface area (Å²) >= 11 is 0. The molecule has 4 heteroatoms. The highest BCUT2D eigenvalue weighted by Gasteiger charge is 2.17. The molecule has 0 atom stereocenters. The molecule has 100 valence electrons. The number of aromatic carboxylic acids is 1. The van der Waals surface area contributed by atoms with E-state index in [0.29, 0.717) is 5.56 Å². The van der Waals surface area contributed by atoms with Crippen molar-refractivity contribution in [2.24, 2.45) is 0 Å². The maximum atomic E-state index is 11.2. The Bertz CT molecular complexity index is 642. The van der Waals surface area contributed by atoms with E-state index in [0.717, 1.165) is 34.6 Å². The lowest BCUT2D eigenvalue weighted by Crippen LogP contribution is -2.02. The first-order chi connectivity index (χ1) is 8.97. The van der Waals surface area contributed by atoms with E-state index < -0.39 is 5.97 Å². The summed E-state index contributed by atoms with van der Waals surface area (Å²) in [5, 5.41) is 13.7. The van der Waals surface area contributed by atoms with E-state index in [1.54, 1.807) is 12.1 Å². The fourth-order valence-electron chi connectivity index (χ4n) is 2.53. The van der Waals surface area contributed by atoms with Crippen LogP contribution in [0.5, 0.6) is 0 Å². The van der Waals surface area contributed by atoms with Crippen LogP contribution in [0.4, 0.5) is 0 Å². The average Bonchev–Trinajstić information content (AvgIpc) is 2.65. The van der Waals surface area contributed by atoms with E-state index in [1.807, 2.05) is 38.4 Å². The Labute approximate surface area is 112 Å². The molecule has 0 saturated heterocycles. The SMILES string of the molecule is CCn1nc(C)c(-c2cccc(C(=O)O)c2C)c1C. The summed E-state index contributed by atoms with van der Waals surface area (Å²) < 4.78 is 1.94. The van der Waals surface area contributed by atoms with Crippen LogP contribution in [0.2, 0.25) is 0 Å². The molecule has 0 aliphatic heterocycles. The number of carbonyl (C=O) groups is 1. The third-order valence-corrected chi connectivity index (χ3v) is 3.51. The summed E-state index contributed by atoms with van der Waals surface area (Å²) in [6.07, 6.45) is 0. The van der Waals surface area contributed by atoms with Gasteiger partial charge in [0.1, 0.15) is 0 Å². The van der Waals surface area contributed by atoms with Gasteiger partial charge in [-0.1, -0.05) is 12.1 Å². The van der Waals surface area contributed by atoms with Crippen LogP contribution in [0.1, 0.15) is 34.2 Å². The number of hydrogen-bond donors (Lipinski definition) is 1. The molecular formula is C15H18N2O2. The lowest BCUT2D eigenvalue weighted by Gasteiger charge is -2.09. The second kappa shape index (κ2) is 4.88. The van der Waals surface area contributed by atoms with Gasteiger partial charge in [0.2, 0.25) is 0 Å². The Balaban J connectivity index is 2.69. The predicted octanol–water partition coefficient (Wildman–Crippen LogP) is 3.19. The zero-order chi connectivity index (χ0) is 14.2. The van der Waals surface area contributed by atoms with Crippen LogP contribution < -0.4 is 0 Å². The van der Waals surface area contributed by atoms with Crippen molar-refractivity contribution < 1.29 is 9.90 Å². The summed E-state index contributed by atoms with van der Waals surface area (Å²) in [5.74, 6) is -0.891. The summed E-state index contributed by atoms with van der Waals surface area (Å²) in [5.41, 5.74) is 5.14. The fourth-order valence-corrected chi connectivity index (χ4v) is 2.53. The molecule has 0 radical (unpaired) electrons. The average molecular weight is 258 g/mol. The van der Waals surface area contributed by atoms with Crippen molar-refractivity contribution in [2.75, 3.05) is 0 Å². The Morgan fingerprint density at radius 1 is 1.32 bits per heavy atom. The highest BCUT2D eigenvalue weighted by atomic mass is 16.4. The summed E-state index contributed by atoms with van der Waals surface area (Å²) in [7, 11) is 0. The first-order valence-corrected chi connectivity index (χ1v) is 6.34. The molecule has 2 rings (SSSR count). The molecule has 0 aliphatic rings. The molecule has 19 heavy (non-hydrogen) atoms. The van der Waals surface area contributed by atoms with Crippen LogP contribution in [0.25, 0.3) is 11.1 Å². The minimum absolute atomic E-state index is 0.348. The van der Waals surface area contributed by atoms with Gasteiger partial charge >= 0.3 is 5.97 Å². The van der Waals surface area contributed by atoms with Gasteiger partial charge in [0.05, 0.1) is 11.3 Å². The van der Waals surface area contributed by atoms with E-state index in [2.05, 4.69) is 5.10 Å². The molecule has 0 bridgehead atoms. The monoisotopic (exact) mass is 258 g/mol. The molecule has 0 saturated carbocycles. The quantitative estimate of drug-likeness (QED) is 0.919. The Morgan fingerprint density at radius 3 is 2.53 bits per heavy atom. The second-order valence-electron chi connectivity index (χ2n) is 4.64. The maximum Gasteiger partial charge on any atom is 0.335 e. The van der Waals surface area contributed by atoms with Crippen molar-refractivity contribution in [3.8, 4) is 11.1 Å². The predicted molar refractivity (Wildman–Crippen MR) is 74.5 cm³/mol. The van der Waals surface area contributed by atoms with Gasteiger partial charge in [0, 0.05) is 17.8 Å². The van der Waals surface area contributed by atoms with Gasteiger partial charge in [0.25, 0.3) is 0 Å². The fraction of sp³-hybridized carbons (Fsp3) is 0.333. The number of carboxylic acid groups (broad SMARTS) is 1. The number of hydrogen-bond acceptors (Lipinski definition) is 2. The van der Waals surface area contributed by atoms with Gasteiger partial charge in [-0.3, -0.25) is 4.68 Å². The highest BCUT2D eigenvalue weighted by Crippen LogP contribution is 2.31. The molecule has 0 spiro atoms. The van der Waals surface area contributed by atoms with Crippen molar-refractivity contribution >= 4 is 5.97 Å². The van der Waals surface area contributed by atoms with Crippen LogP contribution in [0, 0.1) is 20.8 Å². The van der Waals surface area contributed by atoms with Crippen LogP contribution in [0.15, 0.2) is 18.2 Å². The van der Waals surface area contributed by atoms with Crippen molar-refractivity contribution in [2.45, 2.75) is 34.2 Å². The summed E-state index contributed by atoms with van der Waals surface area (Å²) in [4.78, 5) is 11.2. The van der Waals surface area contributed by atoms with Crippen LogP contribution in [-0.2, 0) is 6.54 Å². The number of benzene rings is 1. The molecular weight excluding hydrogens is 240 g/mol. The van der Waals surface area contributed by atoms with Gasteiger partial charge in [-0.15, -0.1) is 0 Å². The molecule has 0 fully saturated rings. The van der Waals surface area contributed by atoms with E-state index in [-0.39, 0.29) is 0 Å². The normalized spacial score (nSPS) is 10.7. The topological polar surface area (TPSA) is 55.1 Å². The smallest absolute Gasteiger partial charge is 0.335 e. The largest absolute Gasteiger partial charge is 0.478 e. The van der Waals surface area contributed by atoms with Gasteiger partial charge < -0.3 is 5.11 Å². The van der Waals surface area contributed by atoms with E-state index >= 15 is 0 Å². The van der Waals surface area contributed by atoms with Gasteiger partial charge in [0.15, 0.2) is 0 Å². The second-order valence-corrected chi connectivity index (χ2v) is 4.64. The third kappa shape index (κ3) is 2.14.